The van der Waals surface area contributed by atoms with Crippen molar-refractivity contribution in [3.05, 3.63) is 0 Å². The Kier molecular flexibility index (Phi) is 20.8. The summed E-state index contributed by atoms with van der Waals surface area (Å²) in [7, 11) is -4.58. The second-order valence-corrected chi connectivity index (χ2v) is 13.6. The number of unbranched alkanes of at least 4 members (excludes halogenated alkanes) is 12. The Bertz CT molecular complexity index is 796. The number of hydrogen-bond acceptors (Lipinski definition) is 11. The Hall–Kier alpha value is -1.11. The standard InChI is InChI=1S/C30H57O12P/c1-3-5-7-9-11-13-15-17-23(31)40-21-22(41-24(32)18-16-14-12-10-8-6-4-2)19-20-43(38,39)42-30-28(36)26(34)25(33)27(35)29(30)37/h22,25-30,33-37H,3-21H2,1-2H3,(H,38,39)/t22?,25-,26-,27+,28-,29-,30-/m0/s1. The molecule has 1 aliphatic carbocycles. The third-order valence-electron chi connectivity index (χ3n) is 7.79. The summed E-state index contributed by atoms with van der Waals surface area (Å²) in [5.41, 5.74) is 0. The minimum Gasteiger partial charge on any atom is -0.462 e. The van der Waals surface area contributed by atoms with E-state index in [2.05, 4.69) is 13.8 Å². The van der Waals surface area contributed by atoms with Crippen molar-refractivity contribution in [3.63, 3.8) is 0 Å². The second-order valence-electron chi connectivity index (χ2n) is 11.7. The van der Waals surface area contributed by atoms with Gasteiger partial charge in [0, 0.05) is 12.8 Å². The normalized spacial score (nSPS) is 26.0. The summed E-state index contributed by atoms with van der Waals surface area (Å²) in [6, 6.07) is 0. The molecule has 2 unspecified atom stereocenters. The summed E-state index contributed by atoms with van der Waals surface area (Å²) in [6.07, 6.45) is 1.42. The van der Waals surface area contributed by atoms with Crippen LogP contribution >= 0.6 is 7.60 Å². The summed E-state index contributed by atoms with van der Waals surface area (Å²) in [5.74, 6) is -0.978. The second kappa shape index (κ2) is 22.4. The highest BCUT2D eigenvalue weighted by Gasteiger charge is 2.51. The molecular weight excluding hydrogens is 583 g/mol. The molecule has 0 spiro atoms. The van der Waals surface area contributed by atoms with Crippen molar-refractivity contribution >= 4 is 19.5 Å². The quantitative estimate of drug-likeness (QED) is 0.0510. The summed E-state index contributed by atoms with van der Waals surface area (Å²) in [5, 5.41) is 49.8. The van der Waals surface area contributed by atoms with E-state index >= 15 is 0 Å². The van der Waals surface area contributed by atoms with Gasteiger partial charge >= 0.3 is 19.5 Å². The number of rotatable bonds is 24. The van der Waals surface area contributed by atoms with Crippen molar-refractivity contribution in [3.8, 4) is 0 Å². The molecule has 0 aromatic heterocycles. The van der Waals surface area contributed by atoms with Crippen molar-refractivity contribution in [1.29, 1.82) is 0 Å². The SMILES string of the molecule is CCCCCCCCCC(=O)OCC(CCP(=O)(O)O[C@@H]1[C@@H](O)[C@H](O)[C@@H](O)[C@H](O)[C@@H]1O)OC(=O)CCCCCCCCC. The van der Waals surface area contributed by atoms with Gasteiger partial charge in [0.1, 0.15) is 49.3 Å². The number of aliphatic hydroxyl groups is 5. The van der Waals surface area contributed by atoms with Gasteiger partial charge in [-0.1, -0.05) is 90.9 Å². The smallest absolute Gasteiger partial charge is 0.328 e. The molecule has 13 heteroatoms. The maximum atomic E-state index is 12.8. The van der Waals surface area contributed by atoms with Gasteiger partial charge in [0.05, 0.1) is 6.16 Å². The van der Waals surface area contributed by atoms with Gasteiger partial charge in [0.2, 0.25) is 0 Å². The molecule has 0 amide bonds. The number of esters is 2. The molecule has 1 saturated carbocycles. The highest BCUT2D eigenvalue weighted by atomic mass is 31.2. The van der Waals surface area contributed by atoms with Crippen LogP contribution in [0, 0.1) is 0 Å². The largest absolute Gasteiger partial charge is 0.462 e. The first kappa shape index (κ1) is 39.9. The van der Waals surface area contributed by atoms with E-state index in [0.717, 1.165) is 57.8 Å². The van der Waals surface area contributed by atoms with Crippen LogP contribution in [0.15, 0.2) is 0 Å². The number of aliphatic hydroxyl groups excluding tert-OH is 5. The lowest BCUT2D eigenvalue weighted by Crippen LogP contribution is -2.64. The fourth-order valence-corrected chi connectivity index (χ4v) is 6.35. The average Bonchev–Trinajstić information content (AvgIpc) is 2.97. The third-order valence-corrected chi connectivity index (χ3v) is 9.19. The third kappa shape index (κ3) is 16.7. The lowest BCUT2D eigenvalue weighted by molar-refractivity contribution is -0.218. The zero-order valence-corrected chi connectivity index (χ0v) is 27.0. The predicted molar refractivity (Wildman–Crippen MR) is 160 cm³/mol. The average molecular weight is 641 g/mol. The summed E-state index contributed by atoms with van der Waals surface area (Å²) < 4.78 is 28.7. The first-order valence-electron chi connectivity index (χ1n) is 16.2. The molecule has 43 heavy (non-hydrogen) atoms. The molecule has 0 radical (unpaired) electrons. The topological polar surface area (TPSA) is 200 Å². The van der Waals surface area contributed by atoms with Gasteiger partial charge in [-0.15, -0.1) is 0 Å². The first-order valence-corrected chi connectivity index (χ1v) is 17.9. The van der Waals surface area contributed by atoms with Gasteiger partial charge in [-0.2, -0.15) is 0 Å². The minimum atomic E-state index is -4.58. The number of ether oxygens (including phenoxy) is 2. The van der Waals surface area contributed by atoms with E-state index in [1.165, 1.54) is 19.3 Å². The van der Waals surface area contributed by atoms with Crippen LogP contribution in [-0.2, 0) is 28.2 Å². The molecular formula is C30H57O12P. The van der Waals surface area contributed by atoms with Gasteiger partial charge in [0.25, 0.3) is 0 Å². The van der Waals surface area contributed by atoms with Gasteiger partial charge in [-0.05, 0) is 19.3 Å². The van der Waals surface area contributed by atoms with Gasteiger partial charge in [0.15, 0.2) is 0 Å². The van der Waals surface area contributed by atoms with Gasteiger partial charge in [-0.3, -0.25) is 18.7 Å². The molecule has 6 N–H and O–H groups in total. The monoisotopic (exact) mass is 640 g/mol. The van der Waals surface area contributed by atoms with Crippen molar-refractivity contribution in [1.82, 2.24) is 0 Å². The lowest BCUT2D eigenvalue weighted by Gasteiger charge is -2.41. The van der Waals surface area contributed by atoms with Crippen LogP contribution < -0.4 is 0 Å². The van der Waals surface area contributed by atoms with Crippen LogP contribution in [0.3, 0.4) is 0 Å². The van der Waals surface area contributed by atoms with E-state index in [4.69, 9.17) is 14.0 Å². The van der Waals surface area contributed by atoms with E-state index < -0.39 is 68.4 Å². The van der Waals surface area contributed by atoms with Crippen molar-refractivity contribution in [2.24, 2.45) is 0 Å². The predicted octanol–water partition coefficient (Wildman–Crippen LogP) is 3.50. The highest BCUT2D eigenvalue weighted by molar-refractivity contribution is 7.52. The lowest BCUT2D eigenvalue weighted by atomic mass is 9.85. The van der Waals surface area contributed by atoms with Crippen LogP contribution in [-0.4, -0.2) is 97.9 Å². The van der Waals surface area contributed by atoms with Crippen molar-refractivity contribution in [2.75, 3.05) is 12.8 Å². The number of hydrogen-bond donors (Lipinski definition) is 6. The molecule has 0 aromatic rings. The van der Waals surface area contributed by atoms with E-state index in [1.54, 1.807) is 0 Å². The molecule has 0 heterocycles. The molecule has 254 valence electrons. The van der Waals surface area contributed by atoms with Crippen LogP contribution in [0.1, 0.15) is 123 Å². The Morgan fingerprint density at radius 2 is 1.07 bits per heavy atom. The Balaban J connectivity index is 2.65. The summed E-state index contributed by atoms with van der Waals surface area (Å²) in [6.45, 7) is 3.98. The fourth-order valence-electron chi connectivity index (χ4n) is 5.00. The van der Waals surface area contributed by atoms with E-state index in [9.17, 15) is 44.6 Å². The maximum absolute atomic E-state index is 12.8. The van der Waals surface area contributed by atoms with E-state index in [0.29, 0.717) is 12.8 Å². The van der Waals surface area contributed by atoms with Crippen LogP contribution in [0.5, 0.6) is 0 Å². The minimum absolute atomic E-state index is 0.155. The van der Waals surface area contributed by atoms with Crippen molar-refractivity contribution in [2.45, 2.75) is 166 Å². The Morgan fingerprint density at radius 1 is 0.651 bits per heavy atom. The highest BCUT2D eigenvalue weighted by Crippen LogP contribution is 2.46. The molecule has 8 atom stereocenters. The van der Waals surface area contributed by atoms with Crippen LogP contribution in [0.4, 0.5) is 0 Å². The summed E-state index contributed by atoms with van der Waals surface area (Å²) >= 11 is 0. The summed E-state index contributed by atoms with van der Waals surface area (Å²) in [4.78, 5) is 35.2. The Labute approximate surface area is 256 Å². The molecule has 1 aliphatic rings. The molecule has 1 fully saturated rings. The van der Waals surface area contributed by atoms with Gasteiger partial charge < -0.3 is 39.9 Å². The molecule has 0 saturated heterocycles. The zero-order valence-electron chi connectivity index (χ0n) is 26.1. The Morgan fingerprint density at radius 3 is 1.56 bits per heavy atom. The molecule has 0 aromatic carbocycles. The van der Waals surface area contributed by atoms with Crippen LogP contribution in [0.25, 0.3) is 0 Å². The van der Waals surface area contributed by atoms with E-state index in [-0.39, 0.29) is 25.9 Å². The maximum Gasteiger partial charge on any atom is 0.328 e. The molecule has 12 nitrogen and oxygen atoms in total. The number of carbonyl (C=O) groups is 2. The van der Waals surface area contributed by atoms with Gasteiger partial charge in [-0.25, -0.2) is 0 Å². The molecule has 0 aliphatic heterocycles. The van der Waals surface area contributed by atoms with Crippen molar-refractivity contribution < 1.29 is 58.6 Å². The molecule has 0 bridgehead atoms. The van der Waals surface area contributed by atoms with E-state index in [1.807, 2.05) is 0 Å². The molecule has 1 rings (SSSR count). The first-order chi connectivity index (χ1) is 20.4. The number of carbonyl (C=O) groups excluding carboxylic acids is 2. The van der Waals surface area contributed by atoms with Crippen LogP contribution in [0.2, 0.25) is 0 Å². The zero-order chi connectivity index (χ0) is 32.3. The fraction of sp³-hybridized carbons (Fsp3) is 0.933.